The highest BCUT2D eigenvalue weighted by Crippen LogP contribution is 2.28. The second-order valence-electron chi connectivity index (χ2n) is 5.24. The Labute approximate surface area is 146 Å². The zero-order chi connectivity index (χ0) is 18.2. The SMILES string of the molecule is CCOC(=O)CN(C)C(=O)c1ccc(Nc2ccncc2)c(OC)c1. The minimum Gasteiger partial charge on any atom is -0.495 e. The van der Waals surface area contributed by atoms with Crippen molar-refractivity contribution in [3.05, 3.63) is 48.3 Å². The van der Waals surface area contributed by atoms with Crippen LogP contribution < -0.4 is 10.1 Å². The number of rotatable bonds is 7. The van der Waals surface area contributed by atoms with Crippen molar-refractivity contribution in [2.45, 2.75) is 6.92 Å². The number of hydrogen-bond acceptors (Lipinski definition) is 6. The van der Waals surface area contributed by atoms with Gasteiger partial charge in [-0.15, -0.1) is 0 Å². The van der Waals surface area contributed by atoms with Crippen LogP contribution in [-0.4, -0.2) is 49.1 Å². The van der Waals surface area contributed by atoms with E-state index in [0.717, 1.165) is 11.4 Å². The van der Waals surface area contributed by atoms with Crippen LogP contribution >= 0.6 is 0 Å². The van der Waals surface area contributed by atoms with Gasteiger partial charge < -0.3 is 19.7 Å². The molecule has 1 amide bonds. The van der Waals surface area contributed by atoms with Crippen LogP contribution in [0.3, 0.4) is 0 Å². The molecule has 2 rings (SSSR count). The minimum atomic E-state index is -0.443. The first-order valence-corrected chi connectivity index (χ1v) is 7.81. The van der Waals surface area contributed by atoms with Crippen molar-refractivity contribution in [3.8, 4) is 5.75 Å². The van der Waals surface area contributed by atoms with E-state index in [9.17, 15) is 9.59 Å². The van der Waals surface area contributed by atoms with Gasteiger partial charge in [0.15, 0.2) is 0 Å². The average molecular weight is 343 g/mol. The van der Waals surface area contributed by atoms with E-state index in [0.29, 0.717) is 11.3 Å². The first-order valence-electron chi connectivity index (χ1n) is 7.81. The van der Waals surface area contributed by atoms with Crippen molar-refractivity contribution >= 4 is 23.3 Å². The van der Waals surface area contributed by atoms with E-state index < -0.39 is 5.97 Å². The molecule has 25 heavy (non-hydrogen) atoms. The minimum absolute atomic E-state index is 0.105. The number of amides is 1. The van der Waals surface area contributed by atoms with Crippen molar-refractivity contribution in [3.63, 3.8) is 0 Å². The smallest absolute Gasteiger partial charge is 0.325 e. The molecule has 0 aliphatic heterocycles. The van der Waals surface area contributed by atoms with Crippen LogP contribution in [0, 0.1) is 0 Å². The predicted molar refractivity (Wildman–Crippen MR) is 94.1 cm³/mol. The van der Waals surface area contributed by atoms with Gasteiger partial charge in [-0.3, -0.25) is 14.6 Å². The summed E-state index contributed by atoms with van der Waals surface area (Å²) in [5.41, 5.74) is 1.99. The number of hydrogen-bond donors (Lipinski definition) is 1. The van der Waals surface area contributed by atoms with Crippen molar-refractivity contribution in [2.75, 3.05) is 32.6 Å². The lowest BCUT2D eigenvalue weighted by molar-refractivity contribution is -0.143. The van der Waals surface area contributed by atoms with E-state index >= 15 is 0 Å². The molecular weight excluding hydrogens is 322 g/mol. The molecule has 2 aromatic rings. The quantitative estimate of drug-likeness (QED) is 0.778. The average Bonchev–Trinajstić information content (AvgIpc) is 2.62. The van der Waals surface area contributed by atoms with Crippen LogP contribution in [0.4, 0.5) is 11.4 Å². The number of esters is 1. The molecule has 0 aliphatic rings. The van der Waals surface area contributed by atoms with Crippen LogP contribution in [0.25, 0.3) is 0 Å². The molecule has 132 valence electrons. The number of carbonyl (C=O) groups excluding carboxylic acids is 2. The third-order valence-electron chi connectivity index (χ3n) is 3.43. The Balaban J connectivity index is 2.14. The fourth-order valence-electron chi connectivity index (χ4n) is 2.21. The first-order chi connectivity index (χ1) is 12.0. The molecule has 0 spiro atoms. The molecule has 0 unspecified atom stereocenters. The highest BCUT2D eigenvalue weighted by Gasteiger charge is 2.17. The van der Waals surface area contributed by atoms with Gasteiger partial charge in [0.1, 0.15) is 12.3 Å². The third-order valence-corrected chi connectivity index (χ3v) is 3.43. The third kappa shape index (κ3) is 4.94. The van der Waals surface area contributed by atoms with E-state index in [2.05, 4.69) is 10.3 Å². The Morgan fingerprint density at radius 1 is 1.20 bits per heavy atom. The second-order valence-corrected chi connectivity index (χ2v) is 5.24. The number of likely N-dealkylation sites (N-methyl/N-ethyl adjacent to an activating group) is 1. The molecule has 0 bridgehead atoms. The van der Waals surface area contributed by atoms with Gasteiger partial charge in [-0.2, -0.15) is 0 Å². The summed E-state index contributed by atoms with van der Waals surface area (Å²) in [6.07, 6.45) is 3.36. The van der Waals surface area contributed by atoms with E-state index in [1.807, 2.05) is 12.1 Å². The molecule has 1 aromatic carbocycles. The summed E-state index contributed by atoms with van der Waals surface area (Å²) in [7, 11) is 3.08. The predicted octanol–water partition coefficient (Wildman–Crippen LogP) is 2.47. The van der Waals surface area contributed by atoms with Gasteiger partial charge in [0.25, 0.3) is 5.91 Å². The van der Waals surface area contributed by atoms with Crippen LogP contribution in [0.5, 0.6) is 5.75 Å². The standard InChI is InChI=1S/C18H21N3O4/c1-4-25-17(22)12-21(2)18(23)13-5-6-15(16(11-13)24-3)20-14-7-9-19-10-8-14/h5-11H,4,12H2,1-3H3,(H,19,20). The Hall–Kier alpha value is -3.09. The molecule has 0 saturated carbocycles. The Morgan fingerprint density at radius 3 is 2.56 bits per heavy atom. The van der Waals surface area contributed by atoms with Crippen molar-refractivity contribution in [2.24, 2.45) is 0 Å². The number of pyridine rings is 1. The summed E-state index contributed by atoms with van der Waals surface area (Å²) in [4.78, 5) is 29.2. The van der Waals surface area contributed by atoms with Crippen molar-refractivity contribution < 1.29 is 19.1 Å². The van der Waals surface area contributed by atoms with E-state index in [-0.39, 0.29) is 19.1 Å². The first kappa shape index (κ1) is 18.3. The highest BCUT2D eigenvalue weighted by atomic mass is 16.5. The van der Waals surface area contributed by atoms with E-state index in [1.54, 1.807) is 44.6 Å². The topological polar surface area (TPSA) is 80.8 Å². The Morgan fingerprint density at radius 2 is 1.92 bits per heavy atom. The zero-order valence-electron chi connectivity index (χ0n) is 14.5. The summed E-state index contributed by atoms with van der Waals surface area (Å²) >= 11 is 0. The summed E-state index contributed by atoms with van der Waals surface area (Å²) in [6.45, 7) is 1.90. The number of aromatic nitrogens is 1. The highest BCUT2D eigenvalue weighted by molar-refractivity contribution is 5.96. The molecule has 7 heteroatoms. The number of nitrogens with zero attached hydrogens (tertiary/aromatic N) is 2. The Kier molecular flexibility index (Phi) is 6.33. The van der Waals surface area contributed by atoms with Gasteiger partial charge in [-0.25, -0.2) is 0 Å². The number of carbonyl (C=O) groups is 2. The molecule has 0 atom stereocenters. The van der Waals surface area contributed by atoms with E-state index in [1.165, 1.54) is 12.0 Å². The summed E-state index contributed by atoms with van der Waals surface area (Å²) in [5, 5.41) is 3.20. The fourth-order valence-corrected chi connectivity index (χ4v) is 2.21. The zero-order valence-corrected chi connectivity index (χ0v) is 14.5. The number of methoxy groups -OCH3 is 1. The van der Waals surface area contributed by atoms with Crippen molar-refractivity contribution in [1.29, 1.82) is 0 Å². The van der Waals surface area contributed by atoms with E-state index in [4.69, 9.17) is 9.47 Å². The van der Waals surface area contributed by atoms with Crippen LogP contribution in [0.15, 0.2) is 42.7 Å². The second kappa shape index (κ2) is 8.68. The van der Waals surface area contributed by atoms with Gasteiger partial charge >= 0.3 is 5.97 Å². The number of benzene rings is 1. The molecule has 0 radical (unpaired) electrons. The lowest BCUT2D eigenvalue weighted by Gasteiger charge is -2.17. The molecule has 0 saturated heterocycles. The van der Waals surface area contributed by atoms with Crippen LogP contribution in [0.1, 0.15) is 17.3 Å². The normalized spacial score (nSPS) is 10.0. The van der Waals surface area contributed by atoms with Crippen LogP contribution in [-0.2, 0) is 9.53 Å². The molecule has 0 fully saturated rings. The lowest BCUT2D eigenvalue weighted by Crippen LogP contribution is -2.33. The molecule has 7 nitrogen and oxygen atoms in total. The number of ether oxygens (including phenoxy) is 2. The number of anilines is 2. The maximum Gasteiger partial charge on any atom is 0.325 e. The van der Waals surface area contributed by atoms with Gasteiger partial charge in [0, 0.05) is 30.7 Å². The Bertz CT molecular complexity index is 734. The molecule has 1 aromatic heterocycles. The lowest BCUT2D eigenvalue weighted by atomic mass is 10.1. The molecule has 0 aliphatic carbocycles. The molecule has 1 heterocycles. The van der Waals surface area contributed by atoms with Gasteiger partial charge in [0.2, 0.25) is 0 Å². The number of nitrogens with one attached hydrogen (secondary N) is 1. The maximum atomic E-state index is 12.5. The fraction of sp³-hybridized carbons (Fsp3) is 0.278. The van der Waals surface area contributed by atoms with Crippen LogP contribution in [0.2, 0.25) is 0 Å². The molecule has 1 N–H and O–H groups in total. The summed E-state index contributed by atoms with van der Waals surface area (Å²) in [5.74, 6) is -0.213. The van der Waals surface area contributed by atoms with Gasteiger partial charge in [-0.05, 0) is 37.3 Å². The van der Waals surface area contributed by atoms with Gasteiger partial charge in [-0.1, -0.05) is 0 Å². The van der Waals surface area contributed by atoms with Gasteiger partial charge in [0.05, 0.1) is 19.4 Å². The maximum absolute atomic E-state index is 12.5. The molecular formula is C18H21N3O4. The summed E-state index contributed by atoms with van der Waals surface area (Å²) < 4.78 is 10.2. The van der Waals surface area contributed by atoms with Crippen molar-refractivity contribution in [1.82, 2.24) is 9.88 Å². The summed E-state index contributed by atoms with van der Waals surface area (Å²) in [6, 6.07) is 8.71. The monoisotopic (exact) mass is 343 g/mol. The largest absolute Gasteiger partial charge is 0.495 e.